The number of halogens is 1. The Hall–Kier alpha value is -2.34. The van der Waals surface area contributed by atoms with Crippen molar-refractivity contribution < 1.29 is 14.0 Å². The lowest BCUT2D eigenvalue weighted by Gasteiger charge is -2.23. The average molecular weight is 372 g/mol. The Morgan fingerprint density at radius 3 is 2.62 bits per heavy atom. The predicted octanol–water partition coefficient (Wildman–Crippen LogP) is 2.98. The van der Waals surface area contributed by atoms with E-state index in [1.165, 1.54) is 6.07 Å². The monoisotopic (exact) mass is 372 g/mol. The topological polar surface area (TPSA) is 49.4 Å². The van der Waals surface area contributed by atoms with Crippen LogP contribution >= 0.6 is 11.8 Å². The number of amides is 2. The van der Waals surface area contributed by atoms with Crippen LogP contribution in [-0.4, -0.2) is 34.4 Å². The molecule has 4 nitrogen and oxygen atoms in total. The third-order valence-electron chi connectivity index (χ3n) is 4.38. The Bertz CT molecular complexity index is 769. The first-order valence-corrected chi connectivity index (χ1v) is 9.73. The average Bonchev–Trinajstić information content (AvgIpc) is 3.16. The van der Waals surface area contributed by atoms with Crippen molar-refractivity contribution >= 4 is 23.6 Å². The molecule has 0 unspecified atom stereocenters. The minimum Gasteiger partial charge on any atom is -0.350 e. The van der Waals surface area contributed by atoms with E-state index in [1.807, 2.05) is 30.3 Å². The standard InChI is InChI=1S/C20H21FN2O2S/c21-17-9-5-4-8-16(17)10-11-19(24)23-14-26-13-18(23)20(25)22-12-15-6-2-1-3-7-15/h1-9,18H,10-14H2,(H,22,25)/t18-/m1/s1. The van der Waals surface area contributed by atoms with Gasteiger partial charge in [-0.05, 0) is 23.6 Å². The van der Waals surface area contributed by atoms with Gasteiger partial charge in [-0.2, -0.15) is 0 Å². The SMILES string of the molecule is O=C(NCc1ccccc1)[C@H]1CSCN1C(=O)CCc1ccccc1F. The fourth-order valence-electron chi connectivity index (χ4n) is 2.89. The van der Waals surface area contributed by atoms with Crippen LogP contribution in [0.3, 0.4) is 0 Å². The molecule has 2 amide bonds. The normalized spacial score (nSPS) is 16.5. The number of hydrogen-bond donors (Lipinski definition) is 1. The second kappa shape index (κ2) is 8.85. The Morgan fingerprint density at radius 1 is 1.12 bits per heavy atom. The molecule has 0 spiro atoms. The van der Waals surface area contributed by atoms with Gasteiger partial charge < -0.3 is 10.2 Å². The van der Waals surface area contributed by atoms with Crippen molar-refractivity contribution in [1.82, 2.24) is 10.2 Å². The molecule has 0 bridgehead atoms. The first-order chi connectivity index (χ1) is 12.6. The van der Waals surface area contributed by atoms with Crippen LogP contribution in [0.2, 0.25) is 0 Å². The lowest BCUT2D eigenvalue weighted by molar-refractivity contribution is -0.138. The van der Waals surface area contributed by atoms with E-state index in [2.05, 4.69) is 5.32 Å². The van der Waals surface area contributed by atoms with E-state index in [4.69, 9.17) is 0 Å². The van der Waals surface area contributed by atoms with Gasteiger partial charge in [-0.1, -0.05) is 48.5 Å². The number of rotatable bonds is 6. The molecule has 3 rings (SSSR count). The number of benzene rings is 2. The summed E-state index contributed by atoms with van der Waals surface area (Å²) in [5.41, 5.74) is 1.54. The highest BCUT2D eigenvalue weighted by Gasteiger charge is 2.34. The molecule has 6 heteroatoms. The number of carbonyl (C=O) groups excluding carboxylic acids is 2. The van der Waals surface area contributed by atoms with E-state index < -0.39 is 6.04 Å². The molecule has 0 saturated carbocycles. The van der Waals surface area contributed by atoms with E-state index in [0.29, 0.717) is 30.2 Å². The number of aryl methyl sites for hydroxylation is 1. The van der Waals surface area contributed by atoms with Crippen LogP contribution in [-0.2, 0) is 22.6 Å². The van der Waals surface area contributed by atoms with Crippen molar-refractivity contribution in [3.8, 4) is 0 Å². The molecule has 2 aromatic rings. The molecule has 1 aliphatic heterocycles. The highest BCUT2D eigenvalue weighted by Crippen LogP contribution is 2.23. The summed E-state index contributed by atoms with van der Waals surface area (Å²) in [7, 11) is 0. The quantitative estimate of drug-likeness (QED) is 0.848. The lowest BCUT2D eigenvalue weighted by Crippen LogP contribution is -2.47. The fraction of sp³-hybridized carbons (Fsp3) is 0.300. The van der Waals surface area contributed by atoms with Gasteiger partial charge >= 0.3 is 0 Å². The summed E-state index contributed by atoms with van der Waals surface area (Å²) in [5.74, 6) is 0.537. The maximum Gasteiger partial charge on any atom is 0.243 e. The van der Waals surface area contributed by atoms with E-state index in [1.54, 1.807) is 34.9 Å². The molecule has 1 fully saturated rings. The molecule has 2 aromatic carbocycles. The molecular weight excluding hydrogens is 351 g/mol. The van der Waals surface area contributed by atoms with Crippen molar-refractivity contribution in [2.24, 2.45) is 0 Å². The molecule has 1 atom stereocenters. The number of thioether (sulfide) groups is 1. The minimum atomic E-state index is -0.461. The largest absolute Gasteiger partial charge is 0.350 e. The Balaban J connectivity index is 1.54. The van der Waals surface area contributed by atoms with Crippen molar-refractivity contribution in [2.45, 2.75) is 25.4 Å². The zero-order chi connectivity index (χ0) is 18.4. The van der Waals surface area contributed by atoms with Crippen molar-refractivity contribution in [3.63, 3.8) is 0 Å². The summed E-state index contributed by atoms with van der Waals surface area (Å²) in [6.07, 6.45) is 0.537. The molecule has 1 N–H and O–H groups in total. The molecule has 0 aromatic heterocycles. The maximum absolute atomic E-state index is 13.7. The zero-order valence-electron chi connectivity index (χ0n) is 14.4. The number of carbonyl (C=O) groups is 2. The molecule has 1 aliphatic rings. The van der Waals surface area contributed by atoms with Gasteiger partial charge in [0.1, 0.15) is 11.9 Å². The highest BCUT2D eigenvalue weighted by molar-refractivity contribution is 7.99. The van der Waals surface area contributed by atoms with Gasteiger partial charge in [0.05, 0.1) is 5.88 Å². The first kappa shape index (κ1) is 18.5. The fourth-order valence-corrected chi connectivity index (χ4v) is 4.08. The molecule has 1 heterocycles. The van der Waals surface area contributed by atoms with Gasteiger partial charge in [0, 0.05) is 18.7 Å². The summed E-state index contributed by atoms with van der Waals surface area (Å²) < 4.78 is 13.7. The summed E-state index contributed by atoms with van der Waals surface area (Å²) in [6, 6.07) is 15.7. The number of nitrogens with one attached hydrogen (secondary N) is 1. The van der Waals surface area contributed by atoms with Crippen molar-refractivity contribution in [1.29, 1.82) is 0 Å². The smallest absolute Gasteiger partial charge is 0.243 e. The summed E-state index contributed by atoms with van der Waals surface area (Å²) in [5, 5.41) is 2.90. The molecular formula is C20H21FN2O2S. The second-order valence-electron chi connectivity index (χ2n) is 6.17. The summed E-state index contributed by atoms with van der Waals surface area (Å²) in [6.45, 7) is 0.443. The first-order valence-electron chi connectivity index (χ1n) is 8.57. The van der Waals surface area contributed by atoms with E-state index in [9.17, 15) is 14.0 Å². The Labute approximate surface area is 156 Å². The van der Waals surface area contributed by atoms with Crippen LogP contribution in [0.4, 0.5) is 4.39 Å². The zero-order valence-corrected chi connectivity index (χ0v) is 15.2. The van der Waals surface area contributed by atoms with E-state index in [0.717, 1.165) is 5.56 Å². The minimum absolute atomic E-state index is 0.113. The molecule has 26 heavy (non-hydrogen) atoms. The molecule has 136 valence electrons. The van der Waals surface area contributed by atoms with E-state index >= 15 is 0 Å². The van der Waals surface area contributed by atoms with Crippen molar-refractivity contribution in [3.05, 3.63) is 71.5 Å². The number of hydrogen-bond acceptors (Lipinski definition) is 3. The highest BCUT2D eigenvalue weighted by atomic mass is 32.2. The third kappa shape index (κ3) is 4.64. The van der Waals surface area contributed by atoms with Crippen LogP contribution in [0.15, 0.2) is 54.6 Å². The van der Waals surface area contributed by atoms with Crippen LogP contribution in [0, 0.1) is 5.82 Å². The molecule has 1 saturated heterocycles. The molecule has 0 aliphatic carbocycles. The van der Waals surface area contributed by atoms with Gasteiger partial charge in [-0.15, -0.1) is 11.8 Å². The lowest BCUT2D eigenvalue weighted by atomic mass is 10.1. The maximum atomic E-state index is 13.7. The number of nitrogens with zero attached hydrogens (tertiary/aromatic N) is 1. The van der Waals surface area contributed by atoms with Gasteiger partial charge in [0.2, 0.25) is 11.8 Å². The Morgan fingerprint density at radius 2 is 1.85 bits per heavy atom. The Kier molecular flexibility index (Phi) is 6.28. The molecule has 0 radical (unpaired) electrons. The van der Waals surface area contributed by atoms with Gasteiger partial charge in [-0.3, -0.25) is 9.59 Å². The van der Waals surface area contributed by atoms with Gasteiger partial charge in [-0.25, -0.2) is 4.39 Å². The second-order valence-corrected chi connectivity index (χ2v) is 7.17. The van der Waals surface area contributed by atoms with Crippen LogP contribution in [0.25, 0.3) is 0 Å². The predicted molar refractivity (Wildman–Crippen MR) is 101 cm³/mol. The van der Waals surface area contributed by atoms with E-state index in [-0.39, 0.29) is 24.1 Å². The van der Waals surface area contributed by atoms with Crippen LogP contribution in [0.1, 0.15) is 17.5 Å². The third-order valence-corrected chi connectivity index (χ3v) is 5.39. The van der Waals surface area contributed by atoms with Crippen LogP contribution < -0.4 is 5.32 Å². The van der Waals surface area contributed by atoms with Gasteiger partial charge in [0.25, 0.3) is 0 Å². The van der Waals surface area contributed by atoms with Crippen molar-refractivity contribution in [2.75, 3.05) is 11.6 Å². The van der Waals surface area contributed by atoms with Gasteiger partial charge in [0.15, 0.2) is 0 Å². The summed E-state index contributed by atoms with van der Waals surface area (Å²) in [4.78, 5) is 26.6. The summed E-state index contributed by atoms with van der Waals surface area (Å²) >= 11 is 1.56. The van der Waals surface area contributed by atoms with Crippen LogP contribution in [0.5, 0.6) is 0 Å².